The summed E-state index contributed by atoms with van der Waals surface area (Å²) in [6.07, 6.45) is 3.24. The molecule has 1 heterocycles. The van der Waals surface area contributed by atoms with E-state index in [0.717, 1.165) is 19.4 Å². The molecule has 4 nitrogen and oxygen atoms in total. The van der Waals surface area contributed by atoms with Crippen molar-refractivity contribution >= 4 is 0 Å². The summed E-state index contributed by atoms with van der Waals surface area (Å²) in [5.74, 6) is 0. The van der Waals surface area contributed by atoms with Crippen LogP contribution >= 0.6 is 0 Å². The average molecular weight is 189 g/mol. The van der Waals surface area contributed by atoms with Gasteiger partial charge < -0.3 is 20.3 Å². The second kappa shape index (κ2) is 6.32. The topological polar surface area (TPSA) is 64.7 Å². The van der Waals surface area contributed by atoms with E-state index < -0.39 is 0 Å². The average Bonchev–Trinajstić information content (AvgIpc) is 2.64. The molecule has 13 heavy (non-hydrogen) atoms. The fourth-order valence-corrected chi connectivity index (χ4v) is 1.32. The number of ether oxygens (including phenoxy) is 2. The fraction of sp³-hybridized carbons (Fsp3) is 1.00. The van der Waals surface area contributed by atoms with E-state index in [9.17, 15) is 0 Å². The Hall–Kier alpha value is -0.160. The van der Waals surface area contributed by atoms with Gasteiger partial charge in [-0.15, -0.1) is 0 Å². The number of nitrogens with two attached hydrogens (primary N) is 1. The number of aliphatic hydroxyl groups excluding tert-OH is 1. The van der Waals surface area contributed by atoms with Crippen molar-refractivity contribution < 1.29 is 14.6 Å². The van der Waals surface area contributed by atoms with E-state index in [1.807, 2.05) is 0 Å². The second-order valence-electron chi connectivity index (χ2n) is 3.44. The van der Waals surface area contributed by atoms with Crippen LogP contribution < -0.4 is 5.73 Å². The molecule has 0 amide bonds. The molecule has 1 saturated heterocycles. The summed E-state index contributed by atoms with van der Waals surface area (Å²) < 4.78 is 10.8. The second-order valence-corrected chi connectivity index (χ2v) is 3.44. The van der Waals surface area contributed by atoms with Crippen LogP contribution in [0.4, 0.5) is 0 Å². The van der Waals surface area contributed by atoms with E-state index in [1.54, 1.807) is 0 Å². The van der Waals surface area contributed by atoms with E-state index in [1.165, 1.54) is 0 Å². The van der Waals surface area contributed by atoms with Gasteiger partial charge in [0.25, 0.3) is 0 Å². The SMILES string of the molecule is NC(CO)CCOCC1CCCO1. The van der Waals surface area contributed by atoms with Gasteiger partial charge in [0, 0.05) is 19.3 Å². The number of rotatable bonds is 6. The summed E-state index contributed by atoms with van der Waals surface area (Å²) in [5, 5.41) is 8.64. The zero-order valence-electron chi connectivity index (χ0n) is 7.95. The lowest BCUT2D eigenvalue weighted by molar-refractivity contribution is 0.0142. The van der Waals surface area contributed by atoms with Gasteiger partial charge in [-0.05, 0) is 19.3 Å². The normalized spacial score (nSPS) is 24.9. The maximum absolute atomic E-state index is 8.64. The molecule has 0 spiro atoms. The Morgan fingerprint density at radius 1 is 1.62 bits per heavy atom. The predicted molar refractivity (Wildman–Crippen MR) is 49.5 cm³/mol. The maximum Gasteiger partial charge on any atom is 0.0809 e. The Kier molecular flexibility index (Phi) is 5.31. The molecule has 2 atom stereocenters. The van der Waals surface area contributed by atoms with Crippen LogP contribution in [0, 0.1) is 0 Å². The van der Waals surface area contributed by atoms with E-state index in [4.69, 9.17) is 20.3 Å². The van der Waals surface area contributed by atoms with Gasteiger partial charge in [-0.3, -0.25) is 0 Å². The lowest BCUT2D eigenvalue weighted by Gasteiger charge is -2.11. The molecule has 1 rings (SSSR count). The largest absolute Gasteiger partial charge is 0.395 e. The standard InChI is InChI=1S/C9H19NO3/c10-8(6-11)3-5-12-7-9-2-1-4-13-9/h8-9,11H,1-7,10H2. The highest BCUT2D eigenvalue weighted by molar-refractivity contribution is 4.64. The molecule has 2 unspecified atom stereocenters. The van der Waals surface area contributed by atoms with Crippen LogP contribution in [-0.2, 0) is 9.47 Å². The molecule has 0 saturated carbocycles. The molecular weight excluding hydrogens is 170 g/mol. The molecule has 1 fully saturated rings. The Morgan fingerprint density at radius 2 is 2.46 bits per heavy atom. The Bertz CT molecular complexity index is 126. The van der Waals surface area contributed by atoms with Gasteiger partial charge in [-0.1, -0.05) is 0 Å². The zero-order chi connectivity index (χ0) is 9.52. The van der Waals surface area contributed by atoms with E-state index >= 15 is 0 Å². The van der Waals surface area contributed by atoms with Crippen LogP contribution in [0.3, 0.4) is 0 Å². The van der Waals surface area contributed by atoms with Crippen molar-refractivity contribution in [2.24, 2.45) is 5.73 Å². The molecule has 1 aliphatic rings. The minimum atomic E-state index is -0.149. The van der Waals surface area contributed by atoms with Gasteiger partial charge in [0.05, 0.1) is 19.3 Å². The van der Waals surface area contributed by atoms with Crippen molar-refractivity contribution in [1.82, 2.24) is 0 Å². The quantitative estimate of drug-likeness (QED) is 0.572. The molecule has 4 heteroatoms. The van der Waals surface area contributed by atoms with E-state index in [-0.39, 0.29) is 18.8 Å². The summed E-state index contributed by atoms with van der Waals surface area (Å²) in [6, 6.07) is -0.149. The van der Waals surface area contributed by atoms with Crippen LogP contribution in [0.25, 0.3) is 0 Å². The Morgan fingerprint density at radius 3 is 3.08 bits per heavy atom. The molecule has 0 radical (unpaired) electrons. The van der Waals surface area contributed by atoms with Crippen molar-refractivity contribution in [2.75, 3.05) is 26.4 Å². The molecular formula is C9H19NO3. The van der Waals surface area contributed by atoms with Crippen LogP contribution in [0.1, 0.15) is 19.3 Å². The van der Waals surface area contributed by atoms with Crippen molar-refractivity contribution in [3.63, 3.8) is 0 Å². The fourth-order valence-electron chi connectivity index (χ4n) is 1.32. The smallest absolute Gasteiger partial charge is 0.0809 e. The Labute approximate surface area is 79.0 Å². The van der Waals surface area contributed by atoms with Gasteiger partial charge in [0.2, 0.25) is 0 Å². The monoisotopic (exact) mass is 189 g/mol. The third-order valence-corrected chi connectivity index (χ3v) is 2.20. The molecule has 0 aromatic carbocycles. The minimum Gasteiger partial charge on any atom is -0.395 e. The molecule has 0 aromatic rings. The first-order chi connectivity index (χ1) is 6.33. The minimum absolute atomic E-state index is 0.0310. The van der Waals surface area contributed by atoms with Gasteiger partial charge in [-0.25, -0.2) is 0 Å². The third-order valence-electron chi connectivity index (χ3n) is 2.20. The maximum atomic E-state index is 8.64. The van der Waals surface area contributed by atoms with Gasteiger partial charge in [0.1, 0.15) is 0 Å². The molecule has 0 bridgehead atoms. The number of hydrogen-bond acceptors (Lipinski definition) is 4. The van der Waals surface area contributed by atoms with Crippen molar-refractivity contribution in [1.29, 1.82) is 0 Å². The molecule has 0 aromatic heterocycles. The molecule has 1 aliphatic heterocycles. The van der Waals surface area contributed by atoms with E-state index in [0.29, 0.717) is 19.6 Å². The van der Waals surface area contributed by atoms with Crippen molar-refractivity contribution in [3.05, 3.63) is 0 Å². The van der Waals surface area contributed by atoms with Gasteiger partial charge >= 0.3 is 0 Å². The lowest BCUT2D eigenvalue weighted by atomic mass is 10.2. The highest BCUT2D eigenvalue weighted by Crippen LogP contribution is 2.11. The summed E-state index contributed by atoms with van der Waals surface area (Å²) in [6.45, 7) is 2.17. The number of aliphatic hydroxyl groups is 1. The molecule has 78 valence electrons. The first kappa shape index (κ1) is 10.9. The van der Waals surface area contributed by atoms with Crippen molar-refractivity contribution in [2.45, 2.75) is 31.4 Å². The van der Waals surface area contributed by atoms with Gasteiger partial charge in [0.15, 0.2) is 0 Å². The van der Waals surface area contributed by atoms with Gasteiger partial charge in [-0.2, -0.15) is 0 Å². The summed E-state index contributed by atoms with van der Waals surface area (Å²) in [5.41, 5.74) is 5.51. The Balaban J connectivity index is 1.88. The van der Waals surface area contributed by atoms with E-state index in [2.05, 4.69) is 0 Å². The van der Waals surface area contributed by atoms with Crippen LogP contribution in [0.2, 0.25) is 0 Å². The number of hydrogen-bond donors (Lipinski definition) is 2. The lowest BCUT2D eigenvalue weighted by Crippen LogP contribution is -2.26. The molecule has 0 aliphatic carbocycles. The third kappa shape index (κ3) is 4.57. The summed E-state index contributed by atoms with van der Waals surface area (Å²) in [7, 11) is 0. The highest BCUT2D eigenvalue weighted by atomic mass is 16.5. The summed E-state index contributed by atoms with van der Waals surface area (Å²) >= 11 is 0. The van der Waals surface area contributed by atoms with Crippen LogP contribution in [0.15, 0.2) is 0 Å². The summed E-state index contributed by atoms with van der Waals surface area (Å²) in [4.78, 5) is 0. The first-order valence-corrected chi connectivity index (χ1v) is 4.88. The van der Waals surface area contributed by atoms with Crippen LogP contribution in [-0.4, -0.2) is 43.7 Å². The predicted octanol–water partition coefficient (Wildman–Crippen LogP) is -0.108. The first-order valence-electron chi connectivity index (χ1n) is 4.88. The molecule has 3 N–H and O–H groups in total. The zero-order valence-corrected chi connectivity index (χ0v) is 7.95. The van der Waals surface area contributed by atoms with Crippen LogP contribution in [0.5, 0.6) is 0 Å². The van der Waals surface area contributed by atoms with Crippen molar-refractivity contribution in [3.8, 4) is 0 Å². The highest BCUT2D eigenvalue weighted by Gasteiger charge is 2.15.